The van der Waals surface area contributed by atoms with Gasteiger partial charge in [0, 0.05) is 18.7 Å². The van der Waals surface area contributed by atoms with E-state index in [0.717, 1.165) is 25.9 Å². The van der Waals surface area contributed by atoms with Gasteiger partial charge in [0.25, 0.3) is 0 Å². The van der Waals surface area contributed by atoms with Gasteiger partial charge in [-0.3, -0.25) is 9.69 Å². The summed E-state index contributed by atoms with van der Waals surface area (Å²) >= 11 is 5.85. The van der Waals surface area contributed by atoms with Crippen molar-refractivity contribution in [2.75, 3.05) is 31.2 Å². The van der Waals surface area contributed by atoms with E-state index in [4.69, 9.17) is 22.1 Å². The number of nitrogens with one attached hydrogen (secondary N) is 1. The molecule has 21 heavy (non-hydrogen) atoms. The summed E-state index contributed by atoms with van der Waals surface area (Å²) in [5.74, 6) is -0.0687. The molecule has 0 aliphatic carbocycles. The van der Waals surface area contributed by atoms with E-state index < -0.39 is 0 Å². The average Bonchev–Trinajstić information content (AvgIpc) is 2.49. The van der Waals surface area contributed by atoms with Gasteiger partial charge in [-0.1, -0.05) is 11.6 Å². The number of nitrogens with two attached hydrogens (primary N) is 1. The van der Waals surface area contributed by atoms with Crippen LogP contribution in [-0.4, -0.2) is 43.2 Å². The highest BCUT2D eigenvalue weighted by molar-refractivity contribution is 6.31. The second-order valence-electron chi connectivity index (χ2n) is 5.39. The predicted molar refractivity (Wildman–Crippen MR) is 85.6 cm³/mol. The molecule has 1 aliphatic rings. The Balaban J connectivity index is 1.99. The van der Waals surface area contributed by atoms with Gasteiger partial charge in [0.2, 0.25) is 5.91 Å². The van der Waals surface area contributed by atoms with Gasteiger partial charge >= 0.3 is 0 Å². The molecule has 0 saturated carbocycles. The minimum atomic E-state index is -0.224. The van der Waals surface area contributed by atoms with Crippen LogP contribution in [0.3, 0.4) is 0 Å². The number of methoxy groups -OCH3 is 1. The highest BCUT2D eigenvalue weighted by Gasteiger charge is 2.27. The van der Waals surface area contributed by atoms with Crippen molar-refractivity contribution in [2.45, 2.75) is 31.9 Å². The predicted octanol–water partition coefficient (Wildman–Crippen LogP) is 2.36. The number of benzene rings is 1. The molecular weight excluding hydrogens is 290 g/mol. The number of nitrogens with zero attached hydrogens (tertiary/aromatic N) is 1. The van der Waals surface area contributed by atoms with Gasteiger partial charge in [0.15, 0.2) is 0 Å². The Morgan fingerprint density at radius 2 is 2.33 bits per heavy atom. The molecule has 2 unspecified atom stereocenters. The minimum Gasteiger partial charge on any atom is -0.397 e. The fourth-order valence-electron chi connectivity index (χ4n) is 2.56. The Kier molecular flexibility index (Phi) is 5.45. The Bertz CT molecular complexity index is 510. The van der Waals surface area contributed by atoms with E-state index in [2.05, 4.69) is 10.2 Å². The molecule has 6 heteroatoms. The summed E-state index contributed by atoms with van der Waals surface area (Å²) in [6.45, 7) is 3.59. The molecule has 5 nitrogen and oxygen atoms in total. The third kappa shape index (κ3) is 4.09. The van der Waals surface area contributed by atoms with E-state index >= 15 is 0 Å². The van der Waals surface area contributed by atoms with Crippen molar-refractivity contribution in [1.29, 1.82) is 0 Å². The summed E-state index contributed by atoms with van der Waals surface area (Å²) in [6.07, 6.45) is 2.29. The van der Waals surface area contributed by atoms with Crippen LogP contribution in [0.1, 0.15) is 19.8 Å². The van der Waals surface area contributed by atoms with Crippen molar-refractivity contribution < 1.29 is 9.53 Å². The molecule has 1 heterocycles. The highest BCUT2D eigenvalue weighted by atomic mass is 35.5. The van der Waals surface area contributed by atoms with Crippen molar-refractivity contribution in [1.82, 2.24) is 4.90 Å². The van der Waals surface area contributed by atoms with Crippen LogP contribution in [0.15, 0.2) is 18.2 Å². The number of carbonyl (C=O) groups excluding carboxylic acids is 1. The fourth-order valence-corrected chi connectivity index (χ4v) is 2.74. The van der Waals surface area contributed by atoms with Crippen LogP contribution in [0, 0.1) is 0 Å². The molecule has 1 amide bonds. The van der Waals surface area contributed by atoms with Crippen molar-refractivity contribution >= 4 is 28.9 Å². The van der Waals surface area contributed by atoms with Crippen LogP contribution >= 0.6 is 11.6 Å². The van der Waals surface area contributed by atoms with Crippen molar-refractivity contribution in [3.63, 3.8) is 0 Å². The molecule has 2 atom stereocenters. The van der Waals surface area contributed by atoms with Crippen LogP contribution in [-0.2, 0) is 9.53 Å². The lowest BCUT2D eigenvalue weighted by Crippen LogP contribution is -2.48. The molecule has 1 fully saturated rings. The van der Waals surface area contributed by atoms with Gasteiger partial charge in [-0.25, -0.2) is 0 Å². The third-order valence-corrected chi connectivity index (χ3v) is 4.18. The molecule has 1 aliphatic heterocycles. The number of carbonyl (C=O) groups is 1. The van der Waals surface area contributed by atoms with E-state index in [1.807, 2.05) is 6.92 Å². The Morgan fingerprint density at radius 1 is 1.57 bits per heavy atom. The van der Waals surface area contributed by atoms with Crippen molar-refractivity contribution in [3.8, 4) is 0 Å². The monoisotopic (exact) mass is 311 g/mol. The van der Waals surface area contributed by atoms with Gasteiger partial charge in [-0.05, 0) is 44.5 Å². The first-order chi connectivity index (χ1) is 10.0. The minimum absolute atomic E-state index is 0.0687. The lowest BCUT2D eigenvalue weighted by molar-refractivity contribution is -0.122. The number of amides is 1. The maximum atomic E-state index is 12.4. The number of ether oxygens (including phenoxy) is 1. The lowest BCUT2D eigenvalue weighted by Gasteiger charge is -2.35. The second kappa shape index (κ2) is 7.11. The summed E-state index contributed by atoms with van der Waals surface area (Å²) in [7, 11) is 1.72. The largest absolute Gasteiger partial charge is 0.397 e. The number of halogens is 1. The molecule has 0 aromatic heterocycles. The first-order valence-corrected chi connectivity index (χ1v) is 7.51. The van der Waals surface area contributed by atoms with Crippen molar-refractivity contribution in [3.05, 3.63) is 23.2 Å². The smallest absolute Gasteiger partial charge is 0.241 e. The standard InChI is InChI=1S/C15H22ClN3O2/c1-10(19-7-3-4-12(9-19)21-2)15(20)18-14-6-5-11(16)8-13(14)17/h5-6,8,10,12H,3-4,7,9,17H2,1-2H3,(H,18,20). The van der Waals surface area contributed by atoms with Crippen LogP contribution in [0.4, 0.5) is 11.4 Å². The molecule has 116 valence electrons. The zero-order valence-corrected chi connectivity index (χ0v) is 13.2. The Hall–Kier alpha value is -1.30. The fraction of sp³-hybridized carbons (Fsp3) is 0.533. The molecule has 1 aromatic carbocycles. The number of likely N-dealkylation sites (tertiary alicyclic amines) is 1. The lowest BCUT2D eigenvalue weighted by atomic mass is 10.1. The molecule has 0 spiro atoms. The number of hydrogen-bond donors (Lipinski definition) is 2. The molecule has 3 N–H and O–H groups in total. The molecule has 2 rings (SSSR count). The van der Waals surface area contributed by atoms with Gasteiger partial charge in [-0.15, -0.1) is 0 Å². The Labute approximate surface area is 130 Å². The summed E-state index contributed by atoms with van der Waals surface area (Å²) in [5.41, 5.74) is 6.92. The Morgan fingerprint density at radius 3 is 3.00 bits per heavy atom. The average molecular weight is 312 g/mol. The maximum Gasteiger partial charge on any atom is 0.241 e. The topological polar surface area (TPSA) is 67.6 Å². The van der Waals surface area contributed by atoms with Crippen LogP contribution in [0.5, 0.6) is 0 Å². The molecule has 1 saturated heterocycles. The van der Waals surface area contributed by atoms with Gasteiger partial charge in [-0.2, -0.15) is 0 Å². The molecular formula is C15H22ClN3O2. The number of piperidine rings is 1. The maximum absolute atomic E-state index is 12.4. The normalized spacial score (nSPS) is 21.0. The first kappa shape index (κ1) is 16.1. The zero-order valence-electron chi connectivity index (χ0n) is 12.4. The summed E-state index contributed by atoms with van der Waals surface area (Å²) in [6, 6.07) is 4.83. The van der Waals surface area contributed by atoms with E-state index in [-0.39, 0.29) is 18.1 Å². The van der Waals surface area contributed by atoms with Crippen LogP contribution in [0.25, 0.3) is 0 Å². The molecule has 1 aromatic rings. The third-order valence-electron chi connectivity index (χ3n) is 3.94. The van der Waals surface area contributed by atoms with Gasteiger partial charge < -0.3 is 15.8 Å². The summed E-state index contributed by atoms with van der Waals surface area (Å²) < 4.78 is 5.39. The van der Waals surface area contributed by atoms with E-state index in [1.54, 1.807) is 25.3 Å². The van der Waals surface area contributed by atoms with Gasteiger partial charge in [0.05, 0.1) is 23.5 Å². The van der Waals surface area contributed by atoms with E-state index in [9.17, 15) is 4.79 Å². The first-order valence-electron chi connectivity index (χ1n) is 7.14. The molecule has 0 bridgehead atoms. The van der Waals surface area contributed by atoms with E-state index in [0.29, 0.717) is 16.4 Å². The van der Waals surface area contributed by atoms with Crippen molar-refractivity contribution in [2.24, 2.45) is 0 Å². The SMILES string of the molecule is COC1CCCN(C(C)C(=O)Nc2ccc(Cl)cc2N)C1. The van der Waals surface area contributed by atoms with E-state index in [1.165, 1.54) is 0 Å². The summed E-state index contributed by atoms with van der Waals surface area (Å²) in [4.78, 5) is 14.5. The molecule has 0 radical (unpaired) electrons. The number of nitrogen functional groups attached to an aromatic ring is 1. The van der Waals surface area contributed by atoms with Gasteiger partial charge in [0.1, 0.15) is 0 Å². The number of anilines is 2. The second-order valence-corrected chi connectivity index (χ2v) is 5.83. The van der Waals surface area contributed by atoms with Crippen LogP contribution < -0.4 is 11.1 Å². The number of rotatable bonds is 4. The number of hydrogen-bond acceptors (Lipinski definition) is 4. The van der Waals surface area contributed by atoms with Crippen LogP contribution in [0.2, 0.25) is 5.02 Å². The zero-order chi connectivity index (χ0) is 15.4. The summed E-state index contributed by atoms with van der Waals surface area (Å²) in [5, 5.41) is 3.42. The quantitative estimate of drug-likeness (QED) is 0.838. The highest BCUT2D eigenvalue weighted by Crippen LogP contribution is 2.23.